The van der Waals surface area contributed by atoms with Gasteiger partial charge in [-0.25, -0.2) is 0 Å². The highest BCUT2D eigenvalue weighted by Gasteiger charge is 2.35. The Hall–Kier alpha value is -1.07. The predicted octanol–water partition coefficient (Wildman–Crippen LogP) is 4.27. The Morgan fingerprint density at radius 2 is 2.19 bits per heavy atom. The Morgan fingerprint density at radius 1 is 1.35 bits per heavy atom. The van der Waals surface area contributed by atoms with Gasteiger partial charge in [-0.3, -0.25) is 4.99 Å². The van der Waals surface area contributed by atoms with Gasteiger partial charge in [0, 0.05) is 42.5 Å². The summed E-state index contributed by atoms with van der Waals surface area (Å²) in [5.74, 6) is 1.74. The Kier molecular flexibility index (Phi) is 7.38. The molecule has 2 aliphatic rings. The fraction of sp³-hybridized carbons (Fsp3) is 0.762. The summed E-state index contributed by atoms with van der Waals surface area (Å²) in [5.41, 5.74) is 0.261. The minimum atomic E-state index is 0.261. The first-order valence-electron chi connectivity index (χ1n) is 10.4. The summed E-state index contributed by atoms with van der Waals surface area (Å²) in [6.45, 7) is 9.94. The molecule has 0 amide bonds. The predicted molar refractivity (Wildman–Crippen MR) is 111 cm³/mol. The normalized spacial score (nSPS) is 23.4. The van der Waals surface area contributed by atoms with E-state index in [4.69, 9.17) is 9.73 Å². The molecule has 1 saturated heterocycles. The van der Waals surface area contributed by atoms with E-state index in [2.05, 4.69) is 41.6 Å². The van der Waals surface area contributed by atoms with Crippen molar-refractivity contribution < 1.29 is 4.74 Å². The summed E-state index contributed by atoms with van der Waals surface area (Å²) >= 11 is 1.92. The van der Waals surface area contributed by atoms with Gasteiger partial charge in [-0.1, -0.05) is 25.3 Å². The lowest BCUT2D eigenvalue weighted by Gasteiger charge is -2.36. The molecule has 0 spiro atoms. The van der Waals surface area contributed by atoms with Gasteiger partial charge >= 0.3 is 0 Å². The number of hydrogen-bond donors (Lipinski definition) is 1. The van der Waals surface area contributed by atoms with Crippen molar-refractivity contribution in [1.29, 1.82) is 0 Å². The molecule has 1 N–H and O–H groups in total. The molecule has 0 radical (unpaired) electrons. The van der Waals surface area contributed by atoms with Crippen LogP contribution in [-0.4, -0.2) is 50.3 Å². The maximum atomic E-state index is 5.64. The van der Waals surface area contributed by atoms with E-state index in [1.54, 1.807) is 0 Å². The highest BCUT2D eigenvalue weighted by molar-refractivity contribution is 7.10. The lowest BCUT2D eigenvalue weighted by molar-refractivity contribution is 0.114. The van der Waals surface area contributed by atoms with Gasteiger partial charge in [-0.15, -0.1) is 11.3 Å². The van der Waals surface area contributed by atoms with Gasteiger partial charge in [-0.05, 0) is 44.6 Å². The van der Waals surface area contributed by atoms with Crippen LogP contribution in [0, 0.1) is 5.92 Å². The first kappa shape index (κ1) is 19.7. The summed E-state index contributed by atoms with van der Waals surface area (Å²) in [7, 11) is 0. The fourth-order valence-corrected chi connectivity index (χ4v) is 5.37. The number of hydrogen-bond acceptors (Lipinski definition) is 3. The lowest BCUT2D eigenvalue weighted by atomic mass is 9.73. The number of aliphatic imine (C=N–C) groups is 1. The van der Waals surface area contributed by atoms with E-state index in [0.717, 1.165) is 45.4 Å². The van der Waals surface area contributed by atoms with Gasteiger partial charge in [0.2, 0.25) is 0 Å². The number of ether oxygens (including phenoxy) is 1. The smallest absolute Gasteiger partial charge is 0.193 e. The molecule has 1 atom stereocenters. The summed E-state index contributed by atoms with van der Waals surface area (Å²) in [6.07, 6.45) is 7.82. The first-order chi connectivity index (χ1) is 12.8. The molecule has 5 heteroatoms. The minimum absolute atomic E-state index is 0.261. The van der Waals surface area contributed by atoms with Gasteiger partial charge in [0.1, 0.15) is 0 Å². The molecule has 0 aromatic carbocycles. The molecule has 1 aromatic rings. The number of guanidine groups is 1. The van der Waals surface area contributed by atoms with Crippen LogP contribution in [0.25, 0.3) is 0 Å². The van der Waals surface area contributed by atoms with Crippen LogP contribution < -0.4 is 5.32 Å². The van der Waals surface area contributed by atoms with Crippen molar-refractivity contribution >= 4 is 17.3 Å². The monoisotopic (exact) mass is 377 g/mol. The molecule has 1 aromatic heterocycles. The SMILES string of the molecule is CCNC(=NCC1(c2cccs2)CCCCC1)N1CCC(COCC)C1. The minimum Gasteiger partial charge on any atom is -0.381 e. The topological polar surface area (TPSA) is 36.9 Å². The zero-order valence-corrected chi connectivity index (χ0v) is 17.3. The molecule has 0 bridgehead atoms. The second kappa shape index (κ2) is 9.75. The van der Waals surface area contributed by atoms with Crippen molar-refractivity contribution in [3.63, 3.8) is 0 Å². The number of rotatable bonds is 7. The highest BCUT2D eigenvalue weighted by atomic mass is 32.1. The summed E-state index contributed by atoms with van der Waals surface area (Å²) in [5, 5.41) is 5.76. The van der Waals surface area contributed by atoms with Crippen LogP contribution in [-0.2, 0) is 10.2 Å². The van der Waals surface area contributed by atoms with Gasteiger partial charge in [-0.2, -0.15) is 0 Å². The second-order valence-electron chi connectivity index (χ2n) is 7.75. The van der Waals surface area contributed by atoms with Crippen LogP contribution in [0.5, 0.6) is 0 Å². The Balaban J connectivity index is 1.69. The summed E-state index contributed by atoms with van der Waals surface area (Å²) in [6, 6.07) is 4.52. The van der Waals surface area contributed by atoms with Crippen LogP contribution in [0.3, 0.4) is 0 Å². The van der Waals surface area contributed by atoms with Crippen molar-refractivity contribution in [3.8, 4) is 0 Å². The highest BCUT2D eigenvalue weighted by Crippen LogP contribution is 2.41. The van der Waals surface area contributed by atoms with Crippen molar-refractivity contribution in [2.45, 2.75) is 57.8 Å². The average molecular weight is 378 g/mol. The van der Waals surface area contributed by atoms with E-state index in [-0.39, 0.29) is 5.41 Å². The molecule has 26 heavy (non-hydrogen) atoms. The number of likely N-dealkylation sites (tertiary alicyclic amines) is 1. The van der Waals surface area contributed by atoms with E-state index in [0.29, 0.717) is 5.92 Å². The average Bonchev–Trinajstić information content (AvgIpc) is 3.36. The van der Waals surface area contributed by atoms with E-state index in [1.165, 1.54) is 43.4 Å². The van der Waals surface area contributed by atoms with Crippen molar-refractivity contribution in [2.75, 3.05) is 39.4 Å². The maximum absolute atomic E-state index is 5.64. The Morgan fingerprint density at radius 3 is 2.88 bits per heavy atom. The lowest BCUT2D eigenvalue weighted by Crippen LogP contribution is -2.42. The van der Waals surface area contributed by atoms with Gasteiger partial charge in [0.15, 0.2) is 5.96 Å². The fourth-order valence-electron chi connectivity index (χ4n) is 4.39. The quantitative estimate of drug-likeness (QED) is 0.569. The third kappa shape index (κ3) is 4.80. The Labute approximate surface area is 163 Å². The number of nitrogens with zero attached hydrogens (tertiary/aromatic N) is 2. The van der Waals surface area contributed by atoms with Gasteiger partial charge in [0.25, 0.3) is 0 Å². The number of nitrogens with one attached hydrogen (secondary N) is 1. The van der Waals surface area contributed by atoms with E-state index >= 15 is 0 Å². The molecule has 4 nitrogen and oxygen atoms in total. The van der Waals surface area contributed by atoms with Crippen LogP contribution in [0.15, 0.2) is 22.5 Å². The van der Waals surface area contributed by atoms with Crippen molar-refractivity contribution in [2.24, 2.45) is 10.9 Å². The van der Waals surface area contributed by atoms with Crippen molar-refractivity contribution in [1.82, 2.24) is 10.2 Å². The molecule has 2 heterocycles. The van der Waals surface area contributed by atoms with E-state index in [9.17, 15) is 0 Å². The third-order valence-corrected chi connectivity index (χ3v) is 6.98. The summed E-state index contributed by atoms with van der Waals surface area (Å²) < 4.78 is 5.64. The molecule has 146 valence electrons. The molecule has 1 saturated carbocycles. The Bertz CT molecular complexity index is 552. The molecule has 1 aliphatic carbocycles. The van der Waals surface area contributed by atoms with Crippen LogP contribution >= 0.6 is 11.3 Å². The van der Waals surface area contributed by atoms with E-state index in [1.807, 2.05) is 11.3 Å². The first-order valence-corrected chi connectivity index (χ1v) is 11.3. The molecular formula is C21H35N3OS. The zero-order valence-electron chi connectivity index (χ0n) is 16.5. The largest absolute Gasteiger partial charge is 0.381 e. The second-order valence-corrected chi connectivity index (χ2v) is 8.70. The summed E-state index contributed by atoms with van der Waals surface area (Å²) in [4.78, 5) is 9.14. The van der Waals surface area contributed by atoms with Crippen LogP contribution in [0.1, 0.15) is 57.2 Å². The molecule has 1 aliphatic heterocycles. The molecule has 1 unspecified atom stereocenters. The third-order valence-electron chi connectivity index (χ3n) is 5.86. The maximum Gasteiger partial charge on any atom is 0.193 e. The van der Waals surface area contributed by atoms with Gasteiger partial charge in [0.05, 0.1) is 13.2 Å². The molecule has 2 fully saturated rings. The number of thiophene rings is 1. The van der Waals surface area contributed by atoms with E-state index < -0.39 is 0 Å². The van der Waals surface area contributed by atoms with Crippen molar-refractivity contribution in [3.05, 3.63) is 22.4 Å². The van der Waals surface area contributed by atoms with Crippen LogP contribution in [0.2, 0.25) is 0 Å². The van der Waals surface area contributed by atoms with Gasteiger partial charge < -0.3 is 15.0 Å². The standard InChI is InChI=1S/C21H35N3OS/c1-3-22-20(24-13-10-18(15-24)16-25-4-2)23-17-21(11-6-5-7-12-21)19-9-8-14-26-19/h8-9,14,18H,3-7,10-13,15-17H2,1-2H3,(H,22,23). The zero-order chi connectivity index (χ0) is 18.2. The van der Waals surface area contributed by atoms with Crippen LogP contribution in [0.4, 0.5) is 0 Å². The molecule has 3 rings (SSSR count). The molecular weight excluding hydrogens is 342 g/mol.